The van der Waals surface area contributed by atoms with Crippen molar-refractivity contribution in [2.45, 2.75) is 91.9 Å². The van der Waals surface area contributed by atoms with Crippen molar-refractivity contribution in [3.05, 3.63) is 48.6 Å². The van der Waals surface area contributed by atoms with Gasteiger partial charge in [-0.05, 0) is 0 Å². The first kappa shape index (κ1) is 20.5. The van der Waals surface area contributed by atoms with Crippen LogP contribution in [0.1, 0.15) is 25.7 Å². The Morgan fingerprint density at radius 1 is 0.613 bits per heavy atom. The Balaban J connectivity index is 1.28. The zero-order valence-electron chi connectivity index (χ0n) is 19.8. The Morgan fingerprint density at radius 2 is 1.03 bits per heavy atom. The number of allylic oxidation sites excluding steroid dienone is 8. The molecule has 0 aromatic rings. The molecule has 3 heterocycles. The summed E-state index contributed by atoms with van der Waals surface area (Å²) in [5.74, 6) is 3.75. The summed E-state index contributed by atoms with van der Waals surface area (Å²) in [6, 6.07) is 6.68. The van der Waals surface area contributed by atoms with Crippen molar-refractivity contribution in [3.63, 3.8) is 0 Å². The van der Waals surface area contributed by atoms with E-state index in [4.69, 9.17) is 0 Å². The first-order valence-electron chi connectivity index (χ1n) is 13.7. The van der Waals surface area contributed by atoms with E-state index in [-0.39, 0.29) is 0 Å². The SMILES string of the molecule is C[Si]1(C2C3C=CC=CC3C[CH]2[Ti]2([CH]3CC4C=CC=CC4C3[Si]3(C)CCC3)[CH2][CH2]2)CCC1. The second kappa shape index (κ2) is 7.06. The van der Waals surface area contributed by atoms with E-state index >= 15 is 0 Å². The first-order valence-corrected chi connectivity index (χ1v) is 23.7. The van der Waals surface area contributed by atoms with Crippen molar-refractivity contribution in [2.75, 3.05) is 0 Å². The molecule has 0 aromatic carbocycles. The van der Waals surface area contributed by atoms with Gasteiger partial charge < -0.3 is 0 Å². The van der Waals surface area contributed by atoms with Crippen LogP contribution in [0.3, 0.4) is 0 Å². The summed E-state index contributed by atoms with van der Waals surface area (Å²) in [5.41, 5.74) is 2.36. The molecule has 0 spiro atoms. The molecule has 4 aliphatic carbocycles. The van der Waals surface area contributed by atoms with Crippen molar-refractivity contribution in [3.8, 4) is 0 Å². The Labute approximate surface area is 196 Å². The fourth-order valence-electron chi connectivity index (χ4n) is 10.4. The minimum absolute atomic E-state index is 0.923. The van der Waals surface area contributed by atoms with E-state index < -0.39 is 32.7 Å². The zero-order chi connectivity index (χ0) is 20.8. The Kier molecular flexibility index (Phi) is 4.66. The molecule has 0 N–H and O–H groups in total. The average Bonchev–Trinajstić information content (AvgIpc) is 3.30. The predicted molar refractivity (Wildman–Crippen MR) is 136 cm³/mol. The molecule has 2 saturated carbocycles. The molecule has 0 bridgehead atoms. The van der Waals surface area contributed by atoms with E-state index in [2.05, 4.69) is 61.7 Å². The molecule has 8 atom stereocenters. The van der Waals surface area contributed by atoms with Crippen LogP contribution in [0.25, 0.3) is 0 Å². The molecule has 31 heavy (non-hydrogen) atoms. The van der Waals surface area contributed by atoms with E-state index in [9.17, 15) is 0 Å². The van der Waals surface area contributed by atoms with Crippen LogP contribution in [0.5, 0.6) is 0 Å². The molecule has 0 radical (unpaired) electrons. The van der Waals surface area contributed by atoms with Crippen LogP contribution in [0.2, 0.25) is 66.2 Å². The zero-order valence-corrected chi connectivity index (χ0v) is 23.4. The molecule has 7 aliphatic rings. The van der Waals surface area contributed by atoms with Crippen LogP contribution in [-0.2, 0) is 16.6 Å². The monoisotopic (exact) mass is 482 g/mol. The normalized spacial score (nSPS) is 49.2. The molecule has 8 unspecified atom stereocenters. The van der Waals surface area contributed by atoms with Gasteiger partial charge >= 0.3 is 197 Å². The molecule has 0 aromatic heterocycles. The second-order valence-corrected chi connectivity index (χ2v) is 31.2. The quantitative estimate of drug-likeness (QED) is 0.351. The maximum atomic E-state index is 2.86. The molecule has 7 rings (SSSR count). The van der Waals surface area contributed by atoms with Gasteiger partial charge in [-0.2, -0.15) is 0 Å². The van der Waals surface area contributed by atoms with Gasteiger partial charge in [-0.1, -0.05) is 0 Å². The van der Waals surface area contributed by atoms with E-state index in [1.165, 1.54) is 19.5 Å². The van der Waals surface area contributed by atoms with Gasteiger partial charge in [0, 0.05) is 0 Å². The number of hydrogen-bond acceptors (Lipinski definition) is 0. The average molecular weight is 483 g/mol. The van der Waals surface area contributed by atoms with Crippen LogP contribution in [0, 0.1) is 23.7 Å². The Bertz CT molecular complexity index is 803. The molecule has 3 heteroatoms. The molecule has 0 amide bonds. The number of rotatable bonds is 4. The molecule has 3 aliphatic heterocycles. The van der Waals surface area contributed by atoms with Crippen molar-refractivity contribution in [2.24, 2.45) is 23.7 Å². The van der Waals surface area contributed by atoms with Crippen LogP contribution < -0.4 is 0 Å². The fourth-order valence-corrected chi connectivity index (χ4v) is 36.7. The van der Waals surface area contributed by atoms with Gasteiger partial charge in [0.1, 0.15) is 0 Å². The van der Waals surface area contributed by atoms with Crippen molar-refractivity contribution >= 4 is 16.1 Å². The predicted octanol–water partition coefficient (Wildman–Crippen LogP) is 8.80. The van der Waals surface area contributed by atoms with Gasteiger partial charge in [0.15, 0.2) is 0 Å². The maximum absolute atomic E-state index is 2.86. The van der Waals surface area contributed by atoms with Crippen LogP contribution in [-0.4, -0.2) is 16.1 Å². The van der Waals surface area contributed by atoms with Gasteiger partial charge in [-0.25, -0.2) is 0 Å². The van der Waals surface area contributed by atoms with E-state index in [1.54, 1.807) is 59.3 Å². The topological polar surface area (TPSA) is 0 Å². The summed E-state index contributed by atoms with van der Waals surface area (Å²) >= 11 is -1.80. The summed E-state index contributed by atoms with van der Waals surface area (Å²) in [5, 5.41) is 0. The van der Waals surface area contributed by atoms with Gasteiger partial charge in [0.2, 0.25) is 0 Å². The third-order valence-corrected chi connectivity index (χ3v) is 33.1. The molecule has 5 fully saturated rings. The summed E-state index contributed by atoms with van der Waals surface area (Å²) in [7, 11) is -2.02. The van der Waals surface area contributed by atoms with Crippen molar-refractivity contribution in [1.29, 1.82) is 0 Å². The van der Waals surface area contributed by atoms with Crippen LogP contribution in [0.4, 0.5) is 0 Å². The van der Waals surface area contributed by atoms with E-state index in [0.717, 1.165) is 23.7 Å². The second-order valence-electron chi connectivity index (χ2n) is 13.5. The Morgan fingerprint density at radius 3 is 1.39 bits per heavy atom. The third-order valence-electron chi connectivity index (χ3n) is 12.2. The van der Waals surface area contributed by atoms with Gasteiger partial charge in [-0.3, -0.25) is 0 Å². The van der Waals surface area contributed by atoms with Gasteiger partial charge in [-0.15, -0.1) is 0 Å². The minimum atomic E-state index is -1.80. The standard InChI is InChI=1S/2C13H19Si.C2H4.Ti/c2*1-14(9-4-10-14)13-8-7-11-5-2-3-6-12(11)13;1-2;/h2*2-3,5-6,8,11-13H,4,7,9-10H2,1H3;1-2H2;. The molecule has 166 valence electrons. The molecule has 3 saturated heterocycles. The fraction of sp³-hybridized carbons (Fsp3) is 0.714. The van der Waals surface area contributed by atoms with Gasteiger partial charge in [0.05, 0.1) is 0 Å². The first-order chi connectivity index (χ1) is 15.0. The summed E-state index contributed by atoms with van der Waals surface area (Å²) in [4.78, 5) is 0. The number of hydrogen-bond donors (Lipinski definition) is 0. The van der Waals surface area contributed by atoms with Crippen molar-refractivity contribution in [1.82, 2.24) is 0 Å². The molecular weight excluding hydrogens is 440 g/mol. The third kappa shape index (κ3) is 2.87. The summed E-state index contributed by atoms with van der Waals surface area (Å²) in [6.45, 7) is 5.72. The molecular formula is C28H42Si2Ti. The van der Waals surface area contributed by atoms with Crippen LogP contribution in [0.15, 0.2) is 48.6 Å². The van der Waals surface area contributed by atoms with E-state index in [0.29, 0.717) is 0 Å². The van der Waals surface area contributed by atoms with Crippen LogP contribution >= 0.6 is 0 Å². The van der Waals surface area contributed by atoms with Gasteiger partial charge in [0.25, 0.3) is 0 Å². The van der Waals surface area contributed by atoms with Crippen molar-refractivity contribution < 1.29 is 16.6 Å². The Hall–Kier alpha value is 0.108. The summed E-state index contributed by atoms with van der Waals surface area (Å²) < 4.78 is 6.05. The van der Waals surface area contributed by atoms with E-state index in [1.807, 2.05) is 0 Å². The molecule has 0 nitrogen and oxygen atoms in total. The number of fused-ring (bicyclic) bond motifs is 2. The summed E-state index contributed by atoms with van der Waals surface area (Å²) in [6.07, 6.45) is 26.8.